The summed E-state index contributed by atoms with van der Waals surface area (Å²) >= 11 is 0. The molecule has 3 rings (SSSR count). The summed E-state index contributed by atoms with van der Waals surface area (Å²) in [5.74, 6) is 2.59. The number of anilines is 1. The van der Waals surface area contributed by atoms with Gasteiger partial charge in [0, 0.05) is 12.1 Å². The van der Waals surface area contributed by atoms with Gasteiger partial charge < -0.3 is 5.32 Å². The Morgan fingerprint density at radius 2 is 1.89 bits per heavy atom. The van der Waals surface area contributed by atoms with Gasteiger partial charge in [-0.3, -0.25) is 4.79 Å². The molecule has 2 aliphatic rings. The number of hydrogen-bond donors (Lipinski definition) is 1. The molecule has 1 aromatic rings. The number of fused-ring (bicyclic) bond motifs is 2. The molecule has 3 unspecified atom stereocenters. The van der Waals surface area contributed by atoms with E-state index in [9.17, 15) is 4.79 Å². The summed E-state index contributed by atoms with van der Waals surface area (Å²) in [6.45, 7) is 4.14. The summed E-state index contributed by atoms with van der Waals surface area (Å²) in [6.07, 6.45) is 6.13. The monoisotopic (exact) mass is 257 g/mol. The quantitative estimate of drug-likeness (QED) is 0.869. The second kappa shape index (κ2) is 4.99. The van der Waals surface area contributed by atoms with Crippen LogP contribution < -0.4 is 5.32 Å². The van der Waals surface area contributed by atoms with Gasteiger partial charge in [0.1, 0.15) is 0 Å². The molecule has 2 saturated carbocycles. The van der Waals surface area contributed by atoms with Crippen LogP contribution in [-0.4, -0.2) is 5.91 Å². The van der Waals surface area contributed by atoms with Gasteiger partial charge in [0.25, 0.3) is 0 Å². The SMILES string of the molecule is Cc1cc(C)cc(NC(=O)CC2CC3CCC2C3)c1. The molecule has 0 aliphatic heterocycles. The van der Waals surface area contributed by atoms with Crippen molar-refractivity contribution in [2.45, 2.75) is 46.0 Å². The molecule has 0 heterocycles. The smallest absolute Gasteiger partial charge is 0.224 e. The van der Waals surface area contributed by atoms with E-state index < -0.39 is 0 Å². The largest absolute Gasteiger partial charge is 0.326 e. The van der Waals surface area contributed by atoms with Crippen LogP contribution >= 0.6 is 0 Å². The maximum Gasteiger partial charge on any atom is 0.224 e. The molecule has 3 atom stereocenters. The minimum absolute atomic E-state index is 0.197. The van der Waals surface area contributed by atoms with Crippen LogP contribution in [0.25, 0.3) is 0 Å². The zero-order valence-corrected chi connectivity index (χ0v) is 11.9. The lowest BCUT2D eigenvalue weighted by Gasteiger charge is -2.21. The van der Waals surface area contributed by atoms with Gasteiger partial charge >= 0.3 is 0 Å². The van der Waals surface area contributed by atoms with E-state index in [2.05, 4.69) is 25.2 Å². The van der Waals surface area contributed by atoms with Gasteiger partial charge in [-0.2, -0.15) is 0 Å². The number of benzene rings is 1. The summed E-state index contributed by atoms with van der Waals surface area (Å²) in [6, 6.07) is 6.23. The van der Waals surface area contributed by atoms with Crippen LogP contribution in [0, 0.1) is 31.6 Å². The van der Waals surface area contributed by atoms with E-state index in [0.717, 1.165) is 17.5 Å². The number of carbonyl (C=O) groups is 1. The molecular formula is C17H23NO. The van der Waals surface area contributed by atoms with Gasteiger partial charge in [0.15, 0.2) is 0 Å². The highest BCUT2D eigenvalue weighted by Crippen LogP contribution is 2.49. The third-order valence-corrected chi connectivity index (χ3v) is 4.84. The molecule has 2 nitrogen and oxygen atoms in total. The second-order valence-corrected chi connectivity index (χ2v) is 6.56. The standard InChI is InChI=1S/C17H23NO/c1-11-5-12(2)7-16(6-11)18-17(19)10-15-9-13-3-4-14(15)8-13/h5-7,13-15H,3-4,8-10H2,1-2H3,(H,18,19). The van der Waals surface area contributed by atoms with Crippen molar-refractivity contribution in [1.29, 1.82) is 0 Å². The van der Waals surface area contributed by atoms with Crippen LogP contribution in [0.3, 0.4) is 0 Å². The number of amides is 1. The molecule has 2 fully saturated rings. The third-order valence-electron chi connectivity index (χ3n) is 4.84. The van der Waals surface area contributed by atoms with Gasteiger partial charge in [0.05, 0.1) is 0 Å². The van der Waals surface area contributed by atoms with Crippen LogP contribution in [0.4, 0.5) is 5.69 Å². The summed E-state index contributed by atoms with van der Waals surface area (Å²) < 4.78 is 0. The summed E-state index contributed by atoms with van der Waals surface area (Å²) in [5, 5.41) is 3.07. The van der Waals surface area contributed by atoms with E-state index >= 15 is 0 Å². The van der Waals surface area contributed by atoms with Crippen LogP contribution in [-0.2, 0) is 4.79 Å². The fourth-order valence-electron chi connectivity index (χ4n) is 4.12. The number of carbonyl (C=O) groups excluding carboxylic acids is 1. The first kappa shape index (κ1) is 12.7. The maximum atomic E-state index is 12.2. The highest BCUT2D eigenvalue weighted by atomic mass is 16.1. The number of nitrogens with one attached hydrogen (secondary N) is 1. The predicted molar refractivity (Wildman–Crippen MR) is 78.1 cm³/mol. The van der Waals surface area contributed by atoms with Crippen molar-refractivity contribution in [2.75, 3.05) is 5.32 Å². The van der Waals surface area contributed by atoms with Crippen LogP contribution in [0.2, 0.25) is 0 Å². The molecule has 19 heavy (non-hydrogen) atoms. The highest BCUT2D eigenvalue weighted by Gasteiger charge is 2.40. The average molecular weight is 257 g/mol. The summed E-state index contributed by atoms with van der Waals surface area (Å²) in [7, 11) is 0. The molecule has 1 aromatic carbocycles. The van der Waals surface area contributed by atoms with E-state index in [-0.39, 0.29) is 5.91 Å². The molecule has 0 radical (unpaired) electrons. The topological polar surface area (TPSA) is 29.1 Å². The van der Waals surface area contributed by atoms with E-state index in [1.54, 1.807) is 0 Å². The molecule has 1 amide bonds. The van der Waals surface area contributed by atoms with Crippen molar-refractivity contribution in [3.63, 3.8) is 0 Å². The van der Waals surface area contributed by atoms with E-state index in [1.165, 1.54) is 36.8 Å². The fraction of sp³-hybridized carbons (Fsp3) is 0.588. The normalized spacial score (nSPS) is 28.6. The van der Waals surface area contributed by atoms with Gasteiger partial charge in [-0.15, -0.1) is 0 Å². The van der Waals surface area contributed by atoms with Gasteiger partial charge in [-0.1, -0.05) is 12.5 Å². The minimum Gasteiger partial charge on any atom is -0.326 e. The fourth-order valence-corrected chi connectivity index (χ4v) is 4.12. The molecular weight excluding hydrogens is 234 g/mol. The van der Waals surface area contributed by atoms with Crippen molar-refractivity contribution in [3.05, 3.63) is 29.3 Å². The molecule has 2 heteroatoms. The first-order valence-corrected chi connectivity index (χ1v) is 7.48. The first-order chi connectivity index (χ1) is 9.10. The van der Waals surface area contributed by atoms with Crippen molar-refractivity contribution < 1.29 is 4.79 Å². The Labute approximate surface area is 115 Å². The molecule has 0 aromatic heterocycles. The minimum atomic E-state index is 0.197. The lowest BCUT2D eigenvalue weighted by Crippen LogP contribution is -2.20. The Morgan fingerprint density at radius 1 is 1.16 bits per heavy atom. The van der Waals surface area contributed by atoms with E-state index in [4.69, 9.17) is 0 Å². The molecule has 0 spiro atoms. The third kappa shape index (κ3) is 2.83. The van der Waals surface area contributed by atoms with Crippen molar-refractivity contribution in [1.82, 2.24) is 0 Å². The summed E-state index contributed by atoms with van der Waals surface area (Å²) in [5.41, 5.74) is 3.36. The lowest BCUT2D eigenvalue weighted by atomic mass is 9.86. The number of aryl methyl sites for hydroxylation is 2. The van der Waals surface area contributed by atoms with E-state index in [0.29, 0.717) is 12.3 Å². The zero-order chi connectivity index (χ0) is 13.4. The predicted octanol–water partition coefficient (Wildman–Crippen LogP) is 4.07. The number of rotatable bonds is 3. The molecule has 0 saturated heterocycles. The highest BCUT2D eigenvalue weighted by molar-refractivity contribution is 5.91. The molecule has 1 N–H and O–H groups in total. The Morgan fingerprint density at radius 3 is 2.47 bits per heavy atom. The lowest BCUT2D eigenvalue weighted by molar-refractivity contribution is -0.117. The van der Waals surface area contributed by atoms with Crippen molar-refractivity contribution in [2.24, 2.45) is 17.8 Å². The first-order valence-electron chi connectivity index (χ1n) is 7.48. The Balaban J connectivity index is 1.59. The van der Waals surface area contributed by atoms with Gasteiger partial charge in [0.2, 0.25) is 5.91 Å². The van der Waals surface area contributed by atoms with Crippen LogP contribution in [0.15, 0.2) is 18.2 Å². The molecule has 102 valence electrons. The Kier molecular flexibility index (Phi) is 3.34. The zero-order valence-electron chi connectivity index (χ0n) is 11.9. The maximum absolute atomic E-state index is 12.2. The van der Waals surface area contributed by atoms with Crippen LogP contribution in [0.5, 0.6) is 0 Å². The molecule has 2 bridgehead atoms. The Bertz CT molecular complexity index is 474. The van der Waals surface area contributed by atoms with Gasteiger partial charge in [-0.25, -0.2) is 0 Å². The van der Waals surface area contributed by atoms with Crippen LogP contribution in [0.1, 0.15) is 43.2 Å². The summed E-state index contributed by atoms with van der Waals surface area (Å²) in [4.78, 5) is 12.2. The van der Waals surface area contributed by atoms with Crippen molar-refractivity contribution >= 4 is 11.6 Å². The second-order valence-electron chi connectivity index (χ2n) is 6.56. The van der Waals surface area contributed by atoms with Gasteiger partial charge in [-0.05, 0) is 74.1 Å². The number of hydrogen-bond acceptors (Lipinski definition) is 1. The Hall–Kier alpha value is -1.31. The van der Waals surface area contributed by atoms with Crippen molar-refractivity contribution in [3.8, 4) is 0 Å². The van der Waals surface area contributed by atoms with E-state index in [1.807, 2.05) is 12.1 Å². The average Bonchev–Trinajstić information content (AvgIpc) is 2.88. The molecule has 2 aliphatic carbocycles.